The fourth-order valence-electron chi connectivity index (χ4n) is 5.92. The van der Waals surface area contributed by atoms with Crippen LogP contribution in [0.2, 0.25) is 0 Å². The third kappa shape index (κ3) is 4.64. The molecule has 3 heterocycles. The molecule has 0 aliphatic heterocycles. The molecule has 0 fully saturated rings. The van der Waals surface area contributed by atoms with Crippen LogP contribution in [-0.2, 0) is 0 Å². The van der Waals surface area contributed by atoms with E-state index in [4.69, 9.17) is 24.4 Å². The highest BCUT2D eigenvalue weighted by atomic mass is 32.1. The topological polar surface area (TPSA) is 64.7 Å². The van der Waals surface area contributed by atoms with Gasteiger partial charge in [-0.25, -0.2) is 19.9 Å². The van der Waals surface area contributed by atoms with E-state index >= 15 is 0 Å². The maximum atomic E-state index is 6.33. The molecule has 216 valence electrons. The molecule has 6 heteroatoms. The Balaban J connectivity index is 1.12. The average molecular weight is 609 g/mol. The summed E-state index contributed by atoms with van der Waals surface area (Å²) in [5.41, 5.74) is 8.77. The van der Waals surface area contributed by atoms with Crippen molar-refractivity contribution in [2.45, 2.75) is 0 Å². The number of aromatic nitrogens is 4. The lowest BCUT2D eigenvalue weighted by Crippen LogP contribution is -1.99. The summed E-state index contributed by atoms with van der Waals surface area (Å²) >= 11 is 1.67. The van der Waals surface area contributed by atoms with Crippen molar-refractivity contribution in [2.75, 3.05) is 0 Å². The number of nitrogens with zero attached hydrogens (tertiary/aromatic N) is 4. The first-order valence-electron chi connectivity index (χ1n) is 15.1. The van der Waals surface area contributed by atoms with E-state index in [2.05, 4.69) is 60.7 Å². The molecule has 9 rings (SSSR count). The monoisotopic (exact) mass is 608 g/mol. The smallest absolute Gasteiger partial charge is 0.164 e. The molecule has 0 unspecified atom stereocenters. The number of furan rings is 1. The van der Waals surface area contributed by atoms with Crippen LogP contribution in [0.3, 0.4) is 0 Å². The zero-order valence-electron chi connectivity index (χ0n) is 24.5. The van der Waals surface area contributed by atoms with Crippen LogP contribution in [0.5, 0.6) is 0 Å². The first kappa shape index (κ1) is 26.4. The van der Waals surface area contributed by atoms with Gasteiger partial charge in [-0.05, 0) is 35.9 Å². The summed E-state index contributed by atoms with van der Waals surface area (Å²) in [7, 11) is 0. The minimum atomic E-state index is 0.630. The normalized spacial score (nSPS) is 11.5. The third-order valence-corrected chi connectivity index (χ3v) is 9.24. The van der Waals surface area contributed by atoms with Crippen molar-refractivity contribution in [1.29, 1.82) is 0 Å². The maximum Gasteiger partial charge on any atom is 0.164 e. The van der Waals surface area contributed by atoms with Crippen molar-refractivity contribution >= 4 is 43.5 Å². The van der Waals surface area contributed by atoms with Gasteiger partial charge in [0, 0.05) is 38.6 Å². The first-order chi connectivity index (χ1) is 22.8. The third-order valence-electron chi connectivity index (χ3n) is 8.17. The molecule has 9 aromatic rings. The van der Waals surface area contributed by atoms with E-state index in [1.54, 1.807) is 11.3 Å². The van der Waals surface area contributed by atoms with Crippen LogP contribution in [0.1, 0.15) is 0 Å². The van der Waals surface area contributed by atoms with Crippen LogP contribution >= 0.6 is 11.3 Å². The summed E-state index contributed by atoms with van der Waals surface area (Å²) in [6.45, 7) is 0. The highest BCUT2D eigenvalue weighted by molar-refractivity contribution is 7.21. The van der Waals surface area contributed by atoms with Crippen LogP contribution in [0.4, 0.5) is 0 Å². The van der Waals surface area contributed by atoms with Crippen molar-refractivity contribution in [2.24, 2.45) is 0 Å². The van der Waals surface area contributed by atoms with Crippen molar-refractivity contribution in [3.63, 3.8) is 0 Å². The van der Waals surface area contributed by atoms with Gasteiger partial charge in [-0.3, -0.25) is 0 Å². The summed E-state index contributed by atoms with van der Waals surface area (Å²) in [6, 6.07) is 49.4. The lowest BCUT2D eigenvalue weighted by atomic mass is 10.0. The van der Waals surface area contributed by atoms with Gasteiger partial charge in [-0.15, -0.1) is 11.3 Å². The lowest BCUT2D eigenvalue weighted by molar-refractivity contribution is 0.670. The molecule has 0 saturated heterocycles. The van der Waals surface area contributed by atoms with E-state index < -0.39 is 0 Å². The van der Waals surface area contributed by atoms with Gasteiger partial charge < -0.3 is 4.42 Å². The molecule has 6 aromatic carbocycles. The van der Waals surface area contributed by atoms with Gasteiger partial charge >= 0.3 is 0 Å². The maximum absolute atomic E-state index is 6.33. The number of hydrogen-bond donors (Lipinski definition) is 0. The van der Waals surface area contributed by atoms with E-state index in [-0.39, 0.29) is 0 Å². The highest BCUT2D eigenvalue weighted by Gasteiger charge is 2.16. The molecule has 5 nitrogen and oxygen atoms in total. The van der Waals surface area contributed by atoms with Gasteiger partial charge in [0.05, 0.1) is 10.2 Å². The Bertz CT molecular complexity index is 2480. The number of thiazole rings is 1. The van der Waals surface area contributed by atoms with E-state index in [1.165, 1.54) is 0 Å². The van der Waals surface area contributed by atoms with E-state index in [0.717, 1.165) is 70.5 Å². The molecule has 0 aliphatic rings. The Morgan fingerprint density at radius 3 is 1.80 bits per heavy atom. The van der Waals surface area contributed by atoms with Gasteiger partial charge in [-0.1, -0.05) is 115 Å². The first-order valence-corrected chi connectivity index (χ1v) is 15.9. The minimum Gasteiger partial charge on any atom is -0.455 e. The van der Waals surface area contributed by atoms with Crippen LogP contribution in [0.15, 0.2) is 150 Å². The molecule has 0 saturated carbocycles. The standard InChI is InChI=1S/C40H24N4OS/c1-3-11-25(12-4-1)37-42-38(26-13-5-2-6-14-26)44-39(43-37)28-21-22-33-35(24-28)46-40(41-33)29-16-9-15-27(23-29)30-18-10-19-32-31-17-7-8-20-34(31)45-36(30)32/h1-24H. The second-order valence-electron chi connectivity index (χ2n) is 11.1. The van der Waals surface area contributed by atoms with Gasteiger partial charge in [0.15, 0.2) is 17.5 Å². The molecule has 0 atom stereocenters. The molecule has 0 spiro atoms. The van der Waals surface area contributed by atoms with Gasteiger partial charge in [0.2, 0.25) is 0 Å². The van der Waals surface area contributed by atoms with E-state index in [0.29, 0.717) is 17.5 Å². The molecule has 0 aliphatic carbocycles. The number of benzene rings is 6. The Morgan fingerprint density at radius 1 is 0.435 bits per heavy atom. The Morgan fingerprint density at radius 2 is 1.04 bits per heavy atom. The Kier molecular flexibility index (Phi) is 6.25. The summed E-state index contributed by atoms with van der Waals surface area (Å²) < 4.78 is 7.40. The number of hydrogen-bond acceptors (Lipinski definition) is 6. The van der Waals surface area contributed by atoms with Crippen molar-refractivity contribution in [3.05, 3.63) is 146 Å². The predicted molar refractivity (Wildman–Crippen MR) is 187 cm³/mol. The quantitative estimate of drug-likeness (QED) is 0.194. The molecule has 0 bridgehead atoms. The van der Waals surface area contributed by atoms with Crippen LogP contribution < -0.4 is 0 Å². The van der Waals surface area contributed by atoms with Gasteiger partial charge in [0.25, 0.3) is 0 Å². The Labute approximate surface area is 268 Å². The number of fused-ring (bicyclic) bond motifs is 4. The molecular weight excluding hydrogens is 585 g/mol. The van der Waals surface area contributed by atoms with Crippen molar-refractivity contribution in [1.82, 2.24) is 19.9 Å². The SMILES string of the molecule is c1ccc(-c2nc(-c3ccccc3)nc(-c3ccc4nc(-c5cccc(-c6cccc7c6oc6ccccc67)c5)sc4c3)n2)cc1. The molecule has 3 aromatic heterocycles. The van der Waals surface area contributed by atoms with Gasteiger partial charge in [0.1, 0.15) is 16.2 Å². The fourth-order valence-corrected chi connectivity index (χ4v) is 6.92. The van der Waals surface area contributed by atoms with Gasteiger partial charge in [-0.2, -0.15) is 0 Å². The number of para-hydroxylation sites is 2. The number of rotatable bonds is 5. The summed E-state index contributed by atoms with van der Waals surface area (Å²) in [4.78, 5) is 19.7. The molecule has 0 N–H and O–H groups in total. The largest absolute Gasteiger partial charge is 0.455 e. The highest BCUT2D eigenvalue weighted by Crippen LogP contribution is 2.38. The fraction of sp³-hybridized carbons (Fsp3) is 0. The van der Waals surface area contributed by atoms with Crippen molar-refractivity contribution < 1.29 is 4.42 Å². The summed E-state index contributed by atoms with van der Waals surface area (Å²) in [6.07, 6.45) is 0. The zero-order chi connectivity index (χ0) is 30.5. The Hall–Kier alpha value is -5.98. The predicted octanol–water partition coefficient (Wildman–Crippen LogP) is 10.7. The minimum absolute atomic E-state index is 0.630. The molecule has 0 radical (unpaired) electrons. The van der Waals surface area contributed by atoms with Crippen LogP contribution in [0.25, 0.3) is 88.0 Å². The average Bonchev–Trinajstić information content (AvgIpc) is 3.74. The molecule has 0 amide bonds. The molecule has 46 heavy (non-hydrogen) atoms. The second-order valence-corrected chi connectivity index (χ2v) is 12.1. The van der Waals surface area contributed by atoms with Crippen LogP contribution in [-0.4, -0.2) is 19.9 Å². The second kappa shape index (κ2) is 10.9. The molecular formula is C40H24N4OS. The van der Waals surface area contributed by atoms with E-state index in [1.807, 2.05) is 84.9 Å². The summed E-state index contributed by atoms with van der Waals surface area (Å²) in [5.74, 6) is 1.92. The van der Waals surface area contributed by atoms with E-state index in [9.17, 15) is 0 Å². The summed E-state index contributed by atoms with van der Waals surface area (Å²) in [5, 5.41) is 3.20. The zero-order valence-corrected chi connectivity index (χ0v) is 25.3. The van der Waals surface area contributed by atoms with Crippen molar-refractivity contribution in [3.8, 4) is 55.9 Å². The van der Waals surface area contributed by atoms with Crippen LogP contribution in [0, 0.1) is 0 Å². The lowest BCUT2D eigenvalue weighted by Gasteiger charge is -2.08.